The smallest absolute Gasteiger partial charge is 0.162 e. The van der Waals surface area contributed by atoms with Gasteiger partial charge in [0.15, 0.2) is 5.82 Å². The van der Waals surface area contributed by atoms with Gasteiger partial charge in [-0.3, -0.25) is 0 Å². The zero-order valence-electron chi connectivity index (χ0n) is 12.7. The number of rotatable bonds is 2. The van der Waals surface area contributed by atoms with Crippen molar-refractivity contribution in [1.29, 1.82) is 5.26 Å². The van der Waals surface area contributed by atoms with E-state index in [1.54, 1.807) is 14.0 Å². The van der Waals surface area contributed by atoms with E-state index in [1.165, 1.54) is 0 Å². The van der Waals surface area contributed by atoms with E-state index in [-0.39, 0.29) is 5.82 Å². The summed E-state index contributed by atoms with van der Waals surface area (Å²) in [5.74, 6) is 0.862. The van der Waals surface area contributed by atoms with Gasteiger partial charge in [-0.1, -0.05) is 13.8 Å². The lowest BCUT2D eigenvalue weighted by atomic mass is 9.70. The fraction of sp³-hybridized carbons (Fsp3) is 0.667. The van der Waals surface area contributed by atoms with Gasteiger partial charge in [0.2, 0.25) is 0 Å². The maximum atomic E-state index is 9.05. The van der Waals surface area contributed by atoms with Crippen LogP contribution in [0.5, 0.6) is 0 Å². The maximum Gasteiger partial charge on any atom is 0.162 e. The number of methoxy groups -OCH3 is 1. The monoisotopic (exact) mass is 274 g/mol. The Balaban J connectivity index is 2.41. The molecule has 1 aromatic rings. The third-order valence-electron chi connectivity index (χ3n) is 4.44. The van der Waals surface area contributed by atoms with E-state index in [0.29, 0.717) is 22.5 Å². The molecule has 0 radical (unpaired) electrons. The first kappa shape index (κ1) is 14.7. The maximum absolute atomic E-state index is 9.05. The molecule has 0 aromatic carbocycles. The molecule has 1 aromatic heterocycles. The number of nitrogens with two attached hydrogens (primary N) is 1. The number of nitriles is 1. The van der Waals surface area contributed by atoms with Crippen LogP contribution >= 0.6 is 0 Å². The number of anilines is 1. The Hall–Kier alpha value is -1.67. The molecule has 5 heteroatoms. The number of nitrogen functional groups attached to an aromatic ring is 1. The summed E-state index contributed by atoms with van der Waals surface area (Å²) in [6, 6.07) is 2.05. The first-order valence-corrected chi connectivity index (χ1v) is 6.93. The molecule has 0 amide bonds. The van der Waals surface area contributed by atoms with Gasteiger partial charge in [-0.25, -0.2) is 9.97 Å². The summed E-state index contributed by atoms with van der Waals surface area (Å²) < 4.78 is 5.78. The Morgan fingerprint density at radius 2 is 1.80 bits per heavy atom. The third-order valence-corrected chi connectivity index (χ3v) is 4.44. The quantitative estimate of drug-likeness (QED) is 0.896. The fourth-order valence-corrected chi connectivity index (χ4v) is 2.79. The minimum atomic E-state index is -0.470. The largest absolute Gasteiger partial charge is 0.382 e. The van der Waals surface area contributed by atoms with Crippen LogP contribution in [0.4, 0.5) is 5.82 Å². The summed E-state index contributed by atoms with van der Waals surface area (Å²) in [6.45, 7) is 6.33. The van der Waals surface area contributed by atoms with Crippen molar-refractivity contribution in [1.82, 2.24) is 9.97 Å². The predicted octanol–water partition coefficient (Wildman–Crippen LogP) is 2.68. The molecular formula is C15H22N4O. The van der Waals surface area contributed by atoms with Gasteiger partial charge in [-0.05, 0) is 38.0 Å². The molecule has 1 saturated carbocycles. The standard InChI is InChI=1S/C15H22N4O/c1-10-11(9-16)12(17)19-13(18-10)15(20-4)7-5-14(2,3)6-8-15/h5-8H2,1-4H3,(H2,17,18,19). The highest BCUT2D eigenvalue weighted by atomic mass is 16.5. The molecule has 0 bridgehead atoms. The molecule has 0 aliphatic heterocycles. The molecule has 0 atom stereocenters. The molecule has 0 spiro atoms. The van der Waals surface area contributed by atoms with Gasteiger partial charge >= 0.3 is 0 Å². The summed E-state index contributed by atoms with van der Waals surface area (Å²) in [6.07, 6.45) is 3.87. The van der Waals surface area contributed by atoms with E-state index in [4.69, 9.17) is 15.7 Å². The predicted molar refractivity (Wildman–Crippen MR) is 76.8 cm³/mol. The van der Waals surface area contributed by atoms with Gasteiger partial charge < -0.3 is 10.5 Å². The lowest BCUT2D eigenvalue weighted by Gasteiger charge is -2.41. The van der Waals surface area contributed by atoms with Crippen LogP contribution in [0.15, 0.2) is 0 Å². The Bertz CT molecular complexity index is 526. The molecule has 108 valence electrons. The van der Waals surface area contributed by atoms with Crippen molar-refractivity contribution in [3.63, 3.8) is 0 Å². The van der Waals surface area contributed by atoms with Crippen LogP contribution in [0.3, 0.4) is 0 Å². The van der Waals surface area contributed by atoms with E-state index in [2.05, 4.69) is 23.8 Å². The molecule has 0 unspecified atom stereocenters. The van der Waals surface area contributed by atoms with Gasteiger partial charge in [0, 0.05) is 7.11 Å². The third kappa shape index (κ3) is 2.48. The SMILES string of the molecule is COC1(c2nc(C)c(C#N)c(N)n2)CCC(C)(C)CC1. The molecule has 5 nitrogen and oxygen atoms in total. The number of nitrogens with zero attached hydrogens (tertiary/aromatic N) is 3. The number of hydrogen-bond acceptors (Lipinski definition) is 5. The molecule has 1 aliphatic carbocycles. The molecule has 20 heavy (non-hydrogen) atoms. The molecular weight excluding hydrogens is 252 g/mol. The molecule has 0 saturated heterocycles. The van der Waals surface area contributed by atoms with Gasteiger partial charge in [0.05, 0.1) is 5.69 Å². The average Bonchev–Trinajstić information content (AvgIpc) is 2.39. The summed E-state index contributed by atoms with van der Waals surface area (Å²) >= 11 is 0. The van der Waals surface area contributed by atoms with Crippen molar-refractivity contribution in [3.8, 4) is 6.07 Å². The zero-order chi connectivity index (χ0) is 15.0. The van der Waals surface area contributed by atoms with Crippen LogP contribution in [-0.4, -0.2) is 17.1 Å². The van der Waals surface area contributed by atoms with Crippen molar-refractivity contribution in [2.75, 3.05) is 12.8 Å². The van der Waals surface area contributed by atoms with E-state index < -0.39 is 5.60 Å². The van der Waals surface area contributed by atoms with Crippen LogP contribution in [0.2, 0.25) is 0 Å². The first-order chi connectivity index (χ1) is 9.33. The molecule has 2 rings (SSSR count). The zero-order valence-corrected chi connectivity index (χ0v) is 12.7. The van der Waals surface area contributed by atoms with Crippen LogP contribution in [-0.2, 0) is 10.3 Å². The van der Waals surface area contributed by atoms with E-state index in [1.807, 2.05) is 6.07 Å². The Labute approximate surface area is 120 Å². The minimum Gasteiger partial charge on any atom is -0.382 e. The van der Waals surface area contributed by atoms with Gasteiger partial charge in [-0.15, -0.1) is 0 Å². The summed E-state index contributed by atoms with van der Waals surface area (Å²) in [5, 5.41) is 9.05. The van der Waals surface area contributed by atoms with Crippen LogP contribution in [0.1, 0.15) is 56.6 Å². The molecule has 2 N–H and O–H groups in total. The van der Waals surface area contributed by atoms with E-state index >= 15 is 0 Å². The first-order valence-electron chi connectivity index (χ1n) is 6.93. The molecule has 1 heterocycles. The van der Waals surface area contributed by atoms with E-state index in [9.17, 15) is 0 Å². The number of ether oxygens (including phenoxy) is 1. The summed E-state index contributed by atoms with van der Waals surface area (Å²) in [4.78, 5) is 8.82. The Kier molecular flexibility index (Phi) is 3.70. The summed E-state index contributed by atoms with van der Waals surface area (Å²) in [7, 11) is 1.70. The number of hydrogen-bond donors (Lipinski definition) is 1. The van der Waals surface area contributed by atoms with Crippen molar-refractivity contribution in [2.45, 2.75) is 52.1 Å². The second kappa shape index (κ2) is 5.02. The fourth-order valence-electron chi connectivity index (χ4n) is 2.79. The van der Waals surface area contributed by atoms with Crippen molar-refractivity contribution in [3.05, 3.63) is 17.1 Å². The molecule has 1 aliphatic rings. The van der Waals surface area contributed by atoms with Crippen molar-refractivity contribution >= 4 is 5.82 Å². The van der Waals surface area contributed by atoms with E-state index in [0.717, 1.165) is 25.7 Å². The minimum absolute atomic E-state index is 0.247. The highest BCUT2D eigenvalue weighted by Gasteiger charge is 2.42. The highest BCUT2D eigenvalue weighted by Crippen LogP contribution is 2.46. The lowest BCUT2D eigenvalue weighted by Crippen LogP contribution is -2.38. The Morgan fingerprint density at radius 3 is 2.25 bits per heavy atom. The van der Waals surface area contributed by atoms with Gasteiger partial charge in [-0.2, -0.15) is 5.26 Å². The average molecular weight is 274 g/mol. The van der Waals surface area contributed by atoms with Crippen LogP contribution < -0.4 is 5.73 Å². The van der Waals surface area contributed by atoms with Gasteiger partial charge in [0.1, 0.15) is 23.1 Å². The van der Waals surface area contributed by atoms with Crippen LogP contribution in [0, 0.1) is 23.7 Å². The topological polar surface area (TPSA) is 84.8 Å². The number of aryl methyl sites for hydroxylation is 1. The molecule has 1 fully saturated rings. The normalized spacial score (nSPS) is 20.4. The van der Waals surface area contributed by atoms with Crippen molar-refractivity contribution < 1.29 is 4.74 Å². The van der Waals surface area contributed by atoms with Crippen molar-refractivity contribution in [2.24, 2.45) is 5.41 Å². The highest BCUT2D eigenvalue weighted by molar-refractivity contribution is 5.50. The summed E-state index contributed by atoms with van der Waals surface area (Å²) in [5.41, 5.74) is 6.71. The van der Waals surface area contributed by atoms with Gasteiger partial charge in [0.25, 0.3) is 0 Å². The van der Waals surface area contributed by atoms with Crippen LogP contribution in [0.25, 0.3) is 0 Å². The second-order valence-electron chi connectivity index (χ2n) is 6.37. The lowest BCUT2D eigenvalue weighted by molar-refractivity contribution is -0.0729. The number of aromatic nitrogens is 2. The second-order valence-corrected chi connectivity index (χ2v) is 6.37. The Morgan fingerprint density at radius 1 is 1.20 bits per heavy atom.